The second-order valence-electron chi connectivity index (χ2n) is 8.04. The standard InChI is InChI=1S/C23H27N3O/c27-23(24-14-11-18-6-1-2-7-19(18)12-15-24)26-17-21-9-5-13-25(21)16-20-8-3-4-10-22(20)26/h1-4,6-8,10,21H,5,9,11-17H2/t21-/m1/s1. The predicted octanol–water partition coefficient (Wildman–Crippen LogP) is 3.69. The second kappa shape index (κ2) is 7.01. The molecule has 140 valence electrons. The normalized spacial score (nSPS) is 22.4. The van der Waals surface area contributed by atoms with Gasteiger partial charge in [-0.05, 0) is 55.0 Å². The number of hydrogen-bond acceptors (Lipinski definition) is 2. The van der Waals surface area contributed by atoms with Gasteiger partial charge in [0.2, 0.25) is 0 Å². The van der Waals surface area contributed by atoms with Crippen LogP contribution in [-0.4, -0.2) is 48.1 Å². The summed E-state index contributed by atoms with van der Waals surface area (Å²) in [7, 11) is 0. The molecule has 0 radical (unpaired) electrons. The first-order chi connectivity index (χ1) is 13.3. The smallest absolute Gasteiger partial charge is 0.324 e. The van der Waals surface area contributed by atoms with Gasteiger partial charge >= 0.3 is 6.03 Å². The van der Waals surface area contributed by atoms with Crippen molar-refractivity contribution in [3.05, 3.63) is 65.2 Å². The van der Waals surface area contributed by atoms with Crippen molar-refractivity contribution in [1.29, 1.82) is 0 Å². The summed E-state index contributed by atoms with van der Waals surface area (Å²) in [5.74, 6) is 0. The fourth-order valence-electron chi connectivity index (χ4n) is 4.96. The van der Waals surface area contributed by atoms with Gasteiger partial charge in [0.15, 0.2) is 0 Å². The molecule has 1 saturated heterocycles. The molecule has 0 N–H and O–H groups in total. The molecule has 2 aromatic rings. The van der Waals surface area contributed by atoms with Crippen LogP contribution >= 0.6 is 0 Å². The summed E-state index contributed by atoms with van der Waals surface area (Å²) in [5, 5.41) is 0. The molecule has 3 heterocycles. The first kappa shape index (κ1) is 16.8. The molecule has 2 aromatic carbocycles. The number of rotatable bonds is 0. The molecule has 3 aliphatic rings. The number of amides is 2. The monoisotopic (exact) mass is 361 g/mol. The van der Waals surface area contributed by atoms with Gasteiger partial charge in [-0.2, -0.15) is 0 Å². The van der Waals surface area contributed by atoms with Crippen molar-refractivity contribution in [2.24, 2.45) is 0 Å². The van der Waals surface area contributed by atoms with E-state index in [0.717, 1.165) is 51.3 Å². The van der Waals surface area contributed by atoms with Crippen molar-refractivity contribution in [3.63, 3.8) is 0 Å². The van der Waals surface area contributed by atoms with Crippen LogP contribution in [0.1, 0.15) is 29.5 Å². The number of anilines is 1. The third-order valence-corrected chi connectivity index (χ3v) is 6.47. The van der Waals surface area contributed by atoms with E-state index in [-0.39, 0.29) is 6.03 Å². The highest BCUT2D eigenvalue weighted by atomic mass is 16.2. The summed E-state index contributed by atoms with van der Waals surface area (Å²) < 4.78 is 0. The number of para-hydroxylation sites is 1. The molecule has 5 rings (SSSR count). The molecule has 0 spiro atoms. The van der Waals surface area contributed by atoms with Crippen LogP contribution in [0.3, 0.4) is 0 Å². The van der Waals surface area contributed by atoms with E-state index in [1.54, 1.807) is 0 Å². The molecule has 1 atom stereocenters. The molecule has 0 unspecified atom stereocenters. The highest BCUT2D eigenvalue weighted by Gasteiger charge is 2.35. The largest absolute Gasteiger partial charge is 0.324 e. The third-order valence-electron chi connectivity index (χ3n) is 6.47. The molecule has 1 fully saturated rings. The molecule has 0 bridgehead atoms. The van der Waals surface area contributed by atoms with E-state index in [4.69, 9.17) is 0 Å². The number of benzene rings is 2. The van der Waals surface area contributed by atoms with E-state index in [9.17, 15) is 4.79 Å². The van der Waals surface area contributed by atoms with Crippen molar-refractivity contribution >= 4 is 11.7 Å². The average Bonchev–Trinajstić information content (AvgIpc) is 2.94. The Kier molecular flexibility index (Phi) is 4.36. The van der Waals surface area contributed by atoms with Crippen molar-refractivity contribution < 1.29 is 4.79 Å². The molecular weight excluding hydrogens is 334 g/mol. The molecular formula is C23H27N3O. The highest BCUT2D eigenvalue weighted by molar-refractivity contribution is 5.93. The lowest BCUT2D eigenvalue weighted by atomic mass is 10.0. The fourth-order valence-corrected chi connectivity index (χ4v) is 4.96. The van der Waals surface area contributed by atoms with Crippen LogP contribution in [0.2, 0.25) is 0 Å². The molecule has 4 heteroatoms. The van der Waals surface area contributed by atoms with Crippen LogP contribution < -0.4 is 4.90 Å². The van der Waals surface area contributed by atoms with Crippen molar-refractivity contribution in [3.8, 4) is 0 Å². The Balaban J connectivity index is 1.42. The first-order valence-electron chi connectivity index (χ1n) is 10.2. The minimum atomic E-state index is 0.184. The minimum absolute atomic E-state index is 0.184. The van der Waals surface area contributed by atoms with Gasteiger partial charge in [0.25, 0.3) is 0 Å². The lowest BCUT2D eigenvalue weighted by Crippen LogP contribution is -2.48. The van der Waals surface area contributed by atoms with Gasteiger partial charge in [-0.3, -0.25) is 9.80 Å². The van der Waals surface area contributed by atoms with E-state index in [0.29, 0.717) is 6.04 Å². The van der Waals surface area contributed by atoms with E-state index in [1.807, 2.05) is 0 Å². The summed E-state index contributed by atoms with van der Waals surface area (Å²) in [6.45, 7) is 4.56. The highest BCUT2D eigenvalue weighted by Crippen LogP contribution is 2.32. The van der Waals surface area contributed by atoms with Gasteiger partial charge in [-0.25, -0.2) is 4.79 Å². The predicted molar refractivity (Wildman–Crippen MR) is 108 cm³/mol. The van der Waals surface area contributed by atoms with Crippen molar-refractivity contribution in [2.75, 3.05) is 31.1 Å². The summed E-state index contributed by atoms with van der Waals surface area (Å²) in [4.78, 5) is 20.3. The quantitative estimate of drug-likeness (QED) is 0.715. The minimum Gasteiger partial charge on any atom is -0.324 e. The second-order valence-corrected chi connectivity index (χ2v) is 8.04. The number of nitrogens with zero attached hydrogens (tertiary/aromatic N) is 3. The number of urea groups is 1. The fraction of sp³-hybridized carbons (Fsp3) is 0.435. The zero-order valence-electron chi connectivity index (χ0n) is 15.8. The van der Waals surface area contributed by atoms with Gasteiger partial charge in [-0.15, -0.1) is 0 Å². The number of fused-ring (bicyclic) bond motifs is 3. The van der Waals surface area contributed by atoms with Gasteiger partial charge in [0, 0.05) is 37.9 Å². The zero-order chi connectivity index (χ0) is 18.2. The Bertz CT molecular complexity index is 822. The summed E-state index contributed by atoms with van der Waals surface area (Å²) in [5.41, 5.74) is 5.18. The average molecular weight is 361 g/mol. The Labute approximate surface area is 161 Å². The molecule has 0 aromatic heterocycles. The maximum absolute atomic E-state index is 13.6. The van der Waals surface area contributed by atoms with E-state index >= 15 is 0 Å². The lowest BCUT2D eigenvalue weighted by Gasteiger charge is -2.31. The van der Waals surface area contributed by atoms with Crippen molar-refractivity contribution in [1.82, 2.24) is 9.80 Å². The molecule has 4 nitrogen and oxygen atoms in total. The topological polar surface area (TPSA) is 26.8 Å². The lowest BCUT2D eigenvalue weighted by molar-refractivity contribution is 0.202. The number of carbonyl (C=O) groups is 1. The molecule has 2 amide bonds. The van der Waals surface area contributed by atoms with Gasteiger partial charge in [0.05, 0.1) is 0 Å². The zero-order valence-corrected chi connectivity index (χ0v) is 15.8. The summed E-state index contributed by atoms with van der Waals surface area (Å²) >= 11 is 0. The van der Waals surface area contributed by atoms with Gasteiger partial charge in [-0.1, -0.05) is 42.5 Å². The van der Waals surface area contributed by atoms with Crippen molar-refractivity contribution in [2.45, 2.75) is 38.3 Å². The van der Waals surface area contributed by atoms with Crippen LogP contribution in [0.5, 0.6) is 0 Å². The van der Waals surface area contributed by atoms with Crippen LogP contribution in [0.4, 0.5) is 10.5 Å². The Hall–Kier alpha value is -2.33. The summed E-state index contributed by atoms with van der Waals surface area (Å²) in [6, 6.07) is 17.8. The maximum atomic E-state index is 13.6. The Morgan fingerprint density at radius 1 is 0.852 bits per heavy atom. The first-order valence-corrected chi connectivity index (χ1v) is 10.2. The molecule has 3 aliphatic heterocycles. The molecule has 27 heavy (non-hydrogen) atoms. The SMILES string of the molecule is O=C(N1CCc2ccccc2CC1)N1C[C@H]2CCCN2Cc2ccccc21. The van der Waals surface area contributed by atoms with E-state index in [1.165, 1.54) is 29.5 Å². The Morgan fingerprint density at radius 3 is 2.26 bits per heavy atom. The van der Waals surface area contributed by atoms with Gasteiger partial charge in [0.1, 0.15) is 0 Å². The molecule has 0 aliphatic carbocycles. The van der Waals surface area contributed by atoms with E-state index < -0.39 is 0 Å². The van der Waals surface area contributed by atoms with Gasteiger partial charge < -0.3 is 4.90 Å². The molecule has 0 saturated carbocycles. The maximum Gasteiger partial charge on any atom is 0.324 e. The van der Waals surface area contributed by atoms with Crippen LogP contribution in [-0.2, 0) is 19.4 Å². The third kappa shape index (κ3) is 3.12. The van der Waals surface area contributed by atoms with E-state index in [2.05, 4.69) is 63.2 Å². The van der Waals surface area contributed by atoms with Crippen LogP contribution in [0, 0.1) is 0 Å². The number of carbonyl (C=O) groups excluding carboxylic acids is 1. The Morgan fingerprint density at radius 2 is 1.52 bits per heavy atom. The summed E-state index contributed by atoms with van der Waals surface area (Å²) in [6.07, 6.45) is 4.34. The van der Waals surface area contributed by atoms with Crippen LogP contribution in [0.15, 0.2) is 48.5 Å². The number of hydrogen-bond donors (Lipinski definition) is 0. The van der Waals surface area contributed by atoms with Crippen LogP contribution in [0.25, 0.3) is 0 Å².